The first-order chi connectivity index (χ1) is 11.2. The number of hydrogen-bond donors (Lipinski definition) is 1. The summed E-state index contributed by atoms with van der Waals surface area (Å²) in [6.45, 7) is 10.1. The Morgan fingerprint density at radius 1 is 1.04 bits per heavy atom. The molecular formula is C18H36N2O3. The second-order valence-electron chi connectivity index (χ2n) is 7.07. The lowest BCUT2D eigenvalue weighted by molar-refractivity contribution is -0.162. The van der Waals surface area contributed by atoms with Gasteiger partial charge < -0.3 is 19.5 Å². The summed E-state index contributed by atoms with van der Waals surface area (Å²) in [5.74, 6) is 0. The maximum atomic E-state index is 9.42. The van der Waals surface area contributed by atoms with E-state index in [2.05, 4.69) is 9.80 Å². The Hall–Kier alpha value is -0.200. The molecule has 2 rings (SSSR count). The van der Waals surface area contributed by atoms with E-state index in [0.717, 1.165) is 58.8 Å². The van der Waals surface area contributed by atoms with Gasteiger partial charge in [0, 0.05) is 45.9 Å². The van der Waals surface area contributed by atoms with Gasteiger partial charge in [0.2, 0.25) is 0 Å². The molecule has 2 fully saturated rings. The Balaban J connectivity index is 1.38. The molecule has 0 aromatic rings. The van der Waals surface area contributed by atoms with E-state index in [1.54, 1.807) is 0 Å². The maximum absolute atomic E-state index is 9.42. The minimum absolute atomic E-state index is 0.0710. The van der Waals surface area contributed by atoms with Crippen molar-refractivity contribution in [2.45, 2.75) is 64.3 Å². The fourth-order valence-electron chi connectivity index (χ4n) is 3.42. The van der Waals surface area contributed by atoms with Crippen molar-refractivity contribution in [1.29, 1.82) is 0 Å². The highest BCUT2D eigenvalue weighted by molar-refractivity contribution is 4.73. The molecule has 0 aliphatic carbocycles. The Bertz CT molecular complexity index is 288. The van der Waals surface area contributed by atoms with E-state index in [1.807, 2.05) is 6.92 Å². The third kappa shape index (κ3) is 8.45. The lowest BCUT2D eigenvalue weighted by atomic mass is 10.2. The summed E-state index contributed by atoms with van der Waals surface area (Å²) in [7, 11) is 0. The molecule has 0 aromatic carbocycles. The molecule has 23 heavy (non-hydrogen) atoms. The second kappa shape index (κ2) is 11.4. The molecular weight excluding hydrogens is 292 g/mol. The van der Waals surface area contributed by atoms with Crippen molar-refractivity contribution in [3.63, 3.8) is 0 Å². The number of ether oxygens (including phenoxy) is 2. The summed E-state index contributed by atoms with van der Waals surface area (Å²) in [5, 5.41) is 9.42. The van der Waals surface area contributed by atoms with Gasteiger partial charge in [-0.2, -0.15) is 0 Å². The number of hydrogen-bond acceptors (Lipinski definition) is 5. The first-order valence-electron chi connectivity index (χ1n) is 9.60. The molecule has 2 atom stereocenters. The van der Waals surface area contributed by atoms with Gasteiger partial charge in [-0.1, -0.05) is 12.8 Å². The van der Waals surface area contributed by atoms with Gasteiger partial charge in [0.1, 0.15) is 0 Å². The SMILES string of the molecule is CC(O)CN1CCN(CCCCCCOC2CCCCO2)CC1. The zero-order chi connectivity index (χ0) is 16.3. The monoisotopic (exact) mass is 328 g/mol. The van der Waals surface area contributed by atoms with Crippen LogP contribution in [0.4, 0.5) is 0 Å². The first kappa shape index (κ1) is 19.1. The summed E-state index contributed by atoms with van der Waals surface area (Å²) in [6.07, 6.45) is 8.36. The predicted molar refractivity (Wildman–Crippen MR) is 92.6 cm³/mol. The number of rotatable bonds is 10. The quantitative estimate of drug-likeness (QED) is 0.622. The van der Waals surface area contributed by atoms with E-state index in [0.29, 0.717) is 0 Å². The highest BCUT2D eigenvalue weighted by Crippen LogP contribution is 2.14. The standard InChI is InChI=1S/C18H36N2O3/c1-17(21)16-20-12-10-19(11-13-20)9-5-2-3-6-14-22-18-8-4-7-15-23-18/h17-18,21H,2-16H2,1H3. The van der Waals surface area contributed by atoms with Crippen LogP contribution in [-0.4, -0.2) is 79.8 Å². The Morgan fingerprint density at radius 2 is 1.78 bits per heavy atom. The van der Waals surface area contributed by atoms with Crippen molar-refractivity contribution in [2.75, 3.05) is 52.5 Å². The number of piperazine rings is 1. The van der Waals surface area contributed by atoms with E-state index in [4.69, 9.17) is 9.47 Å². The van der Waals surface area contributed by atoms with Crippen LogP contribution in [0.3, 0.4) is 0 Å². The fourth-order valence-corrected chi connectivity index (χ4v) is 3.42. The topological polar surface area (TPSA) is 45.2 Å². The van der Waals surface area contributed by atoms with Crippen LogP contribution >= 0.6 is 0 Å². The lowest BCUT2D eigenvalue weighted by Gasteiger charge is -2.35. The van der Waals surface area contributed by atoms with E-state index in [1.165, 1.54) is 38.6 Å². The summed E-state index contributed by atoms with van der Waals surface area (Å²) in [4.78, 5) is 4.93. The van der Waals surface area contributed by atoms with Gasteiger partial charge in [0.05, 0.1) is 6.10 Å². The van der Waals surface area contributed by atoms with Crippen LogP contribution in [0, 0.1) is 0 Å². The Kier molecular flexibility index (Phi) is 9.46. The van der Waals surface area contributed by atoms with Crippen LogP contribution in [0.15, 0.2) is 0 Å². The van der Waals surface area contributed by atoms with Crippen LogP contribution in [0.2, 0.25) is 0 Å². The highest BCUT2D eigenvalue weighted by Gasteiger charge is 2.17. The average molecular weight is 328 g/mol. The fraction of sp³-hybridized carbons (Fsp3) is 1.00. The van der Waals surface area contributed by atoms with Gasteiger partial charge in [-0.05, 0) is 45.6 Å². The van der Waals surface area contributed by atoms with Gasteiger partial charge in [-0.25, -0.2) is 0 Å². The normalized spacial score (nSPS) is 25.6. The molecule has 0 saturated carbocycles. The molecule has 2 unspecified atom stereocenters. The summed E-state index contributed by atoms with van der Waals surface area (Å²) in [6, 6.07) is 0. The first-order valence-corrected chi connectivity index (χ1v) is 9.60. The van der Waals surface area contributed by atoms with Crippen LogP contribution < -0.4 is 0 Å². The van der Waals surface area contributed by atoms with Crippen LogP contribution in [0.1, 0.15) is 51.9 Å². The average Bonchev–Trinajstić information content (AvgIpc) is 2.56. The van der Waals surface area contributed by atoms with Crippen molar-refractivity contribution in [2.24, 2.45) is 0 Å². The van der Waals surface area contributed by atoms with Crippen molar-refractivity contribution in [3.8, 4) is 0 Å². The van der Waals surface area contributed by atoms with Gasteiger partial charge in [-0.3, -0.25) is 4.90 Å². The summed E-state index contributed by atoms with van der Waals surface area (Å²) >= 11 is 0. The molecule has 5 nitrogen and oxygen atoms in total. The van der Waals surface area contributed by atoms with E-state index in [-0.39, 0.29) is 12.4 Å². The molecule has 0 spiro atoms. The molecule has 1 N–H and O–H groups in total. The van der Waals surface area contributed by atoms with Gasteiger partial charge in [-0.15, -0.1) is 0 Å². The third-order valence-corrected chi connectivity index (χ3v) is 4.80. The number of unbranched alkanes of at least 4 members (excludes halogenated alkanes) is 3. The number of nitrogens with zero attached hydrogens (tertiary/aromatic N) is 2. The van der Waals surface area contributed by atoms with Crippen LogP contribution in [-0.2, 0) is 9.47 Å². The van der Waals surface area contributed by atoms with Crippen LogP contribution in [0.5, 0.6) is 0 Å². The zero-order valence-corrected chi connectivity index (χ0v) is 14.9. The molecule has 2 saturated heterocycles. The molecule has 2 aliphatic heterocycles. The van der Waals surface area contributed by atoms with E-state index < -0.39 is 0 Å². The largest absolute Gasteiger partial charge is 0.392 e. The highest BCUT2D eigenvalue weighted by atomic mass is 16.7. The summed E-state index contributed by atoms with van der Waals surface area (Å²) in [5.41, 5.74) is 0. The molecule has 136 valence electrons. The lowest BCUT2D eigenvalue weighted by Crippen LogP contribution is -2.48. The van der Waals surface area contributed by atoms with Crippen molar-refractivity contribution in [3.05, 3.63) is 0 Å². The van der Waals surface area contributed by atoms with Gasteiger partial charge in [0.25, 0.3) is 0 Å². The second-order valence-corrected chi connectivity index (χ2v) is 7.07. The smallest absolute Gasteiger partial charge is 0.157 e. The van der Waals surface area contributed by atoms with Crippen molar-refractivity contribution in [1.82, 2.24) is 9.80 Å². The van der Waals surface area contributed by atoms with Crippen molar-refractivity contribution < 1.29 is 14.6 Å². The molecule has 0 aromatic heterocycles. The van der Waals surface area contributed by atoms with E-state index in [9.17, 15) is 5.11 Å². The minimum Gasteiger partial charge on any atom is -0.392 e. The van der Waals surface area contributed by atoms with Gasteiger partial charge >= 0.3 is 0 Å². The minimum atomic E-state index is -0.206. The third-order valence-electron chi connectivity index (χ3n) is 4.80. The van der Waals surface area contributed by atoms with Crippen LogP contribution in [0.25, 0.3) is 0 Å². The number of aliphatic hydroxyl groups is 1. The molecule has 0 radical (unpaired) electrons. The molecule has 0 amide bonds. The van der Waals surface area contributed by atoms with Gasteiger partial charge in [0.15, 0.2) is 6.29 Å². The Morgan fingerprint density at radius 3 is 2.48 bits per heavy atom. The molecule has 2 heterocycles. The molecule has 2 aliphatic rings. The summed E-state index contributed by atoms with van der Waals surface area (Å²) < 4.78 is 11.3. The Labute approximate surface area is 141 Å². The van der Waals surface area contributed by atoms with Crippen molar-refractivity contribution >= 4 is 0 Å². The molecule has 0 bridgehead atoms. The molecule has 5 heteroatoms. The maximum Gasteiger partial charge on any atom is 0.157 e. The predicted octanol–water partition coefficient (Wildman–Crippen LogP) is 2.09. The number of aliphatic hydroxyl groups excluding tert-OH is 1. The zero-order valence-electron chi connectivity index (χ0n) is 14.9. The number of β-amino-alcohol motifs (C(OH)–C–C–N with tert-alkyl or cyclic N) is 1. The van der Waals surface area contributed by atoms with E-state index >= 15 is 0 Å².